The number of nitrogens with zero attached hydrogens (tertiary/aromatic N) is 4. The van der Waals surface area contributed by atoms with Crippen molar-refractivity contribution in [3.8, 4) is 0 Å². The SMILES string of the molecule is NC(=O)C1CCN(C(=O)/C=C\c2cn(Cc3ccccc3)nn2)CC1. The van der Waals surface area contributed by atoms with Crippen LogP contribution >= 0.6 is 0 Å². The van der Waals surface area contributed by atoms with Gasteiger partial charge < -0.3 is 10.6 Å². The van der Waals surface area contributed by atoms with E-state index in [2.05, 4.69) is 10.3 Å². The maximum absolute atomic E-state index is 12.2. The van der Waals surface area contributed by atoms with E-state index in [1.54, 1.807) is 21.9 Å². The summed E-state index contributed by atoms with van der Waals surface area (Å²) in [6.07, 6.45) is 6.22. The van der Waals surface area contributed by atoms with Crippen LogP contribution in [-0.4, -0.2) is 44.8 Å². The Bertz CT molecular complexity index is 761. The summed E-state index contributed by atoms with van der Waals surface area (Å²) < 4.78 is 1.73. The zero-order chi connectivity index (χ0) is 17.6. The van der Waals surface area contributed by atoms with Crippen LogP contribution in [0.2, 0.25) is 0 Å². The van der Waals surface area contributed by atoms with E-state index >= 15 is 0 Å². The van der Waals surface area contributed by atoms with Crippen LogP contribution in [0.15, 0.2) is 42.6 Å². The van der Waals surface area contributed by atoms with Crippen molar-refractivity contribution in [3.05, 3.63) is 53.9 Å². The van der Waals surface area contributed by atoms with E-state index in [-0.39, 0.29) is 17.7 Å². The van der Waals surface area contributed by atoms with Crippen molar-refractivity contribution in [1.82, 2.24) is 19.9 Å². The Morgan fingerprint density at radius 2 is 1.92 bits per heavy atom. The molecule has 7 nitrogen and oxygen atoms in total. The maximum Gasteiger partial charge on any atom is 0.246 e. The minimum absolute atomic E-state index is 0.0828. The number of benzene rings is 1. The average Bonchev–Trinajstić information content (AvgIpc) is 3.08. The van der Waals surface area contributed by atoms with Crippen molar-refractivity contribution >= 4 is 17.9 Å². The van der Waals surface area contributed by atoms with Gasteiger partial charge in [0.05, 0.1) is 12.7 Å². The number of aromatic nitrogens is 3. The molecule has 0 aliphatic carbocycles. The third-order valence-electron chi connectivity index (χ3n) is 4.35. The summed E-state index contributed by atoms with van der Waals surface area (Å²) in [7, 11) is 0. The van der Waals surface area contributed by atoms with Gasteiger partial charge in [0.25, 0.3) is 0 Å². The highest BCUT2D eigenvalue weighted by atomic mass is 16.2. The van der Waals surface area contributed by atoms with E-state index in [0.717, 1.165) is 5.56 Å². The predicted octanol–water partition coefficient (Wildman–Crippen LogP) is 1.06. The summed E-state index contributed by atoms with van der Waals surface area (Å²) in [5.74, 6) is -0.482. The van der Waals surface area contributed by atoms with E-state index in [1.807, 2.05) is 30.3 Å². The number of rotatable bonds is 5. The monoisotopic (exact) mass is 339 g/mol. The lowest BCUT2D eigenvalue weighted by molar-refractivity contribution is -0.130. The van der Waals surface area contributed by atoms with Gasteiger partial charge in [0.15, 0.2) is 0 Å². The highest BCUT2D eigenvalue weighted by Gasteiger charge is 2.24. The number of hydrogen-bond acceptors (Lipinski definition) is 4. The number of hydrogen-bond donors (Lipinski definition) is 1. The standard InChI is InChI=1S/C18H21N5O2/c19-18(25)15-8-10-22(11-9-15)17(24)7-6-16-13-23(21-20-16)12-14-4-2-1-3-5-14/h1-7,13,15H,8-12H2,(H2,19,25)/b7-6-. The maximum atomic E-state index is 12.2. The average molecular weight is 339 g/mol. The molecular formula is C18H21N5O2. The summed E-state index contributed by atoms with van der Waals surface area (Å²) in [6.45, 7) is 1.74. The molecule has 130 valence electrons. The molecule has 2 amide bonds. The van der Waals surface area contributed by atoms with Crippen molar-refractivity contribution < 1.29 is 9.59 Å². The van der Waals surface area contributed by atoms with E-state index in [1.165, 1.54) is 6.08 Å². The lowest BCUT2D eigenvalue weighted by Gasteiger charge is -2.29. The van der Waals surface area contributed by atoms with Crippen LogP contribution in [-0.2, 0) is 16.1 Å². The van der Waals surface area contributed by atoms with Crippen LogP contribution in [0.3, 0.4) is 0 Å². The largest absolute Gasteiger partial charge is 0.369 e. The molecule has 7 heteroatoms. The summed E-state index contributed by atoms with van der Waals surface area (Å²) in [5.41, 5.74) is 7.08. The molecule has 0 radical (unpaired) electrons. The van der Waals surface area contributed by atoms with Crippen molar-refractivity contribution in [2.24, 2.45) is 11.7 Å². The number of nitrogens with two attached hydrogens (primary N) is 1. The topological polar surface area (TPSA) is 94.1 Å². The summed E-state index contributed by atoms with van der Waals surface area (Å²) in [6, 6.07) is 9.98. The van der Waals surface area contributed by atoms with E-state index in [9.17, 15) is 9.59 Å². The third-order valence-corrected chi connectivity index (χ3v) is 4.35. The predicted molar refractivity (Wildman–Crippen MR) is 93.1 cm³/mol. The number of carbonyl (C=O) groups excluding carboxylic acids is 2. The van der Waals surface area contributed by atoms with Crippen molar-refractivity contribution in [1.29, 1.82) is 0 Å². The zero-order valence-electron chi connectivity index (χ0n) is 13.9. The Morgan fingerprint density at radius 1 is 1.20 bits per heavy atom. The Labute approximate surface area is 146 Å². The zero-order valence-corrected chi connectivity index (χ0v) is 13.9. The second kappa shape index (κ2) is 7.74. The smallest absolute Gasteiger partial charge is 0.246 e. The van der Waals surface area contributed by atoms with Gasteiger partial charge in [-0.05, 0) is 24.5 Å². The lowest BCUT2D eigenvalue weighted by Crippen LogP contribution is -2.41. The molecule has 0 atom stereocenters. The molecule has 25 heavy (non-hydrogen) atoms. The molecule has 2 N–H and O–H groups in total. The Morgan fingerprint density at radius 3 is 2.60 bits per heavy atom. The first-order valence-electron chi connectivity index (χ1n) is 8.32. The van der Waals surface area contributed by atoms with Crippen LogP contribution in [0, 0.1) is 5.92 Å². The molecule has 2 aromatic rings. The van der Waals surface area contributed by atoms with Gasteiger partial charge in [-0.15, -0.1) is 5.10 Å². The fourth-order valence-corrected chi connectivity index (χ4v) is 2.88. The normalized spacial score (nSPS) is 15.6. The number of piperidine rings is 1. The van der Waals surface area contributed by atoms with Gasteiger partial charge in [0.1, 0.15) is 5.69 Å². The van der Waals surface area contributed by atoms with Crippen LogP contribution in [0.1, 0.15) is 24.1 Å². The number of likely N-dealkylation sites (tertiary alicyclic amines) is 1. The highest BCUT2D eigenvalue weighted by Crippen LogP contribution is 2.17. The van der Waals surface area contributed by atoms with Gasteiger partial charge in [-0.1, -0.05) is 35.5 Å². The van der Waals surface area contributed by atoms with Crippen LogP contribution < -0.4 is 5.73 Å². The molecule has 0 unspecified atom stereocenters. The molecule has 1 aromatic heterocycles. The quantitative estimate of drug-likeness (QED) is 0.824. The number of primary amides is 1. The van der Waals surface area contributed by atoms with Gasteiger partial charge in [-0.3, -0.25) is 9.59 Å². The molecule has 1 aliphatic rings. The Kier molecular flexibility index (Phi) is 5.23. The van der Waals surface area contributed by atoms with E-state index in [4.69, 9.17) is 5.73 Å². The molecule has 0 spiro atoms. The van der Waals surface area contributed by atoms with Crippen molar-refractivity contribution in [3.63, 3.8) is 0 Å². The molecule has 1 fully saturated rings. The molecule has 1 aromatic carbocycles. The minimum Gasteiger partial charge on any atom is -0.369 e. The van der Waals surface area contributed by atoms with E-state index < -0.39 is 0 Å². The van der Waals surface area contributed by atoms with Gasteiger partial charge in [-0.2, -0.15) is 0 Å². The first-order chi connectivity index (χ1) is 12.1. The van der Waals surface area contributed by atoms with Gasteiger partial charge in [0, 0.05) is 25.1 Å². The first-order valence-corrected chi connectivity index (χ1v) is 8.32. The first kappa shape index (κ1) is 16.9. The van der Waals surface area contributed by atoms with Gasteiger partial charge in [0.2, 0.25) is 11.8 Å². The fraction of sp³-hybridized carbons (Fsp3) is 0.333. The number of carbonyl (C=O) groups is 2. The molecular weight excluding hydrogens is 318 g/mol. The molecule has 0 saturated carbocycles. The molecule has 0 bridgehead atoms. The van der Waals surface area contributed by atoms with Crippen LogP contribution in [0.5, 0.6) is 0 Å². The second-order valence-electron chi connectivity index (χ2n) is 6.16. The minimum atomic E-state index is -0.280. The van der Waals surface area contributed by atoms with Crippen LogP contribution in [0.4, 0.5) is 0 Å². The third kappa shape index (κ3) is 4.53. The molecule has 2 heterocycles. The van der Waals surface area contributed by atoms with E-state index in [0.29, 0.717) is 38.2 Å². The van der Waals surface area contributed by atoms with Crippen molar-refractivity contribution in [2.45, 2.75) is 19.4 Å². The second-order valence-corrected chi connectivity index (χ2v) is 6.16. The summed E-state index contributed by atoms with van der Waals surface area (Å²) in [5, 5.41) is 8.13. The molecule has 3 rings (SSSR count). The van der Waals surface area contributed by atoms with Gasteiger partial charge in [-0.25, -0.2) is 4.68 Å². The molecule has 1 saturated heterocycles. The van der Waals surface area contributed by atoms with Crippen molar-refractivity contribution in [2.75, 3.05) is 13.1 Å². The van der Waals surface area contributed by atoms with Gasteiger partial charge >= 0.3 is 0 Å². The molecule has 1 aliphatic heterocycles. The lowest BCUT2D eigenvalue weighted by atomic mass is 9.96. The fourth-order valence-electron chi connectivity index (χ4n) is 2.88. The Hall–Kier alpha value is -2.96. The summed E-state index contributed by atoms with van der Waals surface area (Å²) in [4.78, 5) is 25.1. The highest BCUT2D eigenvalue weighted by molar-refractivity contribution is 5.91. The summed E-state index contributed by atoms with van der Waals surface area (Å²) >= 11 is 0. The van der Waals surface area contributed by atoms with Crippen LogP contribution in [0.25, 0.3) is 6.08 Å². The Balaban J connectivity index is 1.54. The number of amides is 2.